The first-order valence-electron chi connectivity index (χ1n) is 5.68. The van der Waals surface area contributed by atoms with Gasteiger partial charge in [-0.25, -0.2) is 0 Å². The van der Waals surface area contributed by atoms with Crippen molar-refractivity contribution in [3.8, 4) is 12.1 Å². The van der Waals surface area contributed by atoms with Gasteiger partial charge in [-0.2, -0.15) is 10.5 Å². The lowest BCUT2D eigenvalue weighted by molar-refractivity contribution is 0.0763. The van der Waals surface area contributed by atoms with Gasteiger partial charge in [-0.15, -0.1) is 0 Å². The van der Waals surface area contributed by atoms with Gasteiger partial charge in [0, 0.05) is 23.2 Å². The normalized spacial score (nSPS) is 9.42. The largest absolute Gasteiger partial charge is 0.398 e. The molecule has 1 rings (SSSR count). The molecule has 19 heavy (non-hydrogen) atoms. The summed E-state index contributed by atoms with van der Waals surface area (Å²) >= 11 is 3.29. The third-order valence-electron chi connectivity index (χ3n) is 2.52. The lowest BCUT2D eigenvalue weighted by Gasteiger charge is -2.21. The first kappa shape index (κ1) is 15.0. The molecule has 6 heteroatoms. The molecule has 0 saturated heterocycles. The Kier molecular flexibility index (Phi) is 5.84. The summed E-state index contributed by atoms with van der Waals surface area (Å²) in [5.41, 5.74) is 6.55. The fraction of sp³-hybridized carbons (Fsp3) is 0.308. The zero-order valence-electron chi connectivity index (χ0n) is 10.3. The summed E-state index contributed by atoms with van der Waals surface area (Å²) in [6, 6.07) is 9.02. The van der Waals surface area contributed by atoms with Crippen LogP contribution in [0.3, 0.4) is 0 Å². The van der Waals surface area contributed by atoms with Gasteiger partial charge in [0.2, 0.25) is 0 Å². The van der Waals surface area contributed by atoms with Crippen molar-refractivity contribution in [3.05, 3.63) is 28.2 Å². The highest BCUT2D eigenvalue weighted by Crippen LogP contribution is 2.20. The smallest absolute Gasteiger partial charge is 0.256 e. The van der Waals surface area contributed by atoms with Gasteiger partial charge in [-0.05, 0) is 18.2 Å². The molecule has 0 aromatic heterocycles. The van der Waals surface area contributed by atoms with E-state index in [4.69, 9.17) is 16.3 Å². The molecule has 0 fully saturated rings. The van der Waals surface area contributed by atoms with Crippen LogP contribution in [0.1, 0.15) is 23.2 Å². The second kappa shape index (κ2) is 7.40. The zero-order valence-corrected chi connectivity index (χ0v) is 11.9. The Balaban J connectivity index is 2.94. The number of benzene rings is 1. The average Bonchev–Trinajstić information content (AvgIpc) is 2.41. The minimum Gasteiger partial charge on any atom is -0.398 e. The lowest BCUT2D eigenvalue weighted by atomic mass is 10.1. The molecule has 0 aliphatic rings. The maximum absolute atomic E-state index is 12.3. The maximum Gasteiger partial charge on any atom is 0.256 e. The van der Waals surface area contributed by atoms with Crippen LogP contribution in [0.4, 0.5) is 5.69 Å². The summed E-state index contributed by atoms with van der Waals surface area (Å²) in [4.78, 5) is 13.8. The fourth-order valence-electron chi connectivity index (χ4n) is 1.57. The third kappa shape index (κ3) is 4.27. The molecule has 0 spiro atoms. The van der Waals surface area contributed by atoms with Crippen LogP contribution in [0.2, 0.25) is 0 Å². The number of anilines is 1. The minimum absolute atomic E-state index is 0.227. The summed E-state index contributed by atoms with van der Waals surface area (Å²) < 4.78 is 0.755. The van der Waals surface area contributed by atoms with Crippen LogP contribution in [0.25, 0.3) is 0 Å². The van der Waals surface area contributed by atoms with Crippen molar-refractivity contribution in [1.82, 2.24) is 4.90 Å². The highest BCUT2D eigenvalue weighted by atomic mass is 79.9. The fourth-order valence-corrected chi connectivity index (χ4v) is 1.93. The molecule has 0 saturated carbocycles. The van der Waals surface area contributed by atoms with Crippen molar-refractivity contribution in [2.24, 2.45) is 0 Å². The quantitative estimate of drug-likeness (QED) is 0.842. The van der Waals surface area contributed by atoms with Crippen molar-refractivity contribution in [1.29, 1.82) is 10.5 Å². The van der Waals surface area contributed by atoms with Gasteiger partial charge in [0.15, 0.2) is 0 Å². The van der Waals surface area contributed by atoms with Crippen LogP contribution < -0.4 is 5.73 Å². The van der Waals surface area contributed by atoms with Crippen LogP contribution >= 0.6 is 15.9 Å². The van der Waals surface area contributed by atoms with E-state index >= 15 is 0 Å². The molecule has 2 N–H and O–H groups in total. The molecule has 1 amide bonds. The van der Waals surface area contributed by atoms with E-state index in [1.165, 1.54) is 4.90 Å². The Morgan fingerprint density at radius 1 is 1.26 bits per heavy atom. The number of nitriles is 2. The number of hydrogen-bond donors (Lipinski definition) is 1. The van der Waals surface area contributed by atoms with Gasteiger partial charge in [0.05, 0.1) is 30.5 Å². The minimum atomic E-state index is -0.260. The van der Waals surface area contributed by atoms with Gasteiger partial charge in [0.25, 0.3) is 5.91 Å². The predicted octanol–water partition coefficient (Wildman–Crippen LogP) is 2.30. The number of nitrogens with zero attached hydrogens (tertiary/aromatic N) is 3. The molecule has 98 valence electrons. The molecule has 5 nitrogen and oxygen atoms in total. The van der Waals surface area contributed by atoms with Crippen molar-refractivity contribution in [2.75, 3.05) is 18.8 Å². The summed E-state index contributed by atoms with van der Waals surface area (Å²) in [5.74, 6) is -0.260. The van der Waals surface area contributed by atoms with Gasteiger partial charge in [-0.1, -0.05) is 15.9 Å². The van der Waals surface area contributed by atoms with Crippen LogP contribution in [0, 0.1) is 22.7 Å². The highest BCUT2D eigenvalue weighted by Gasteiger charge is 2.17. The zero-order chi connectivity index (χ0) is 14.3. The number of halogens is 1. The molecule has 0 atom stereocenters. The molecule has 0 unspecified atom stereocenters. The maximum atomic E-state index is 12.3. The number of nitrogens with two attached hydrogens (primary N) is 1. The van der Waals surface area contributed by atoms with Crippen molar-refractivity contribution < 1.29 is 4.79 Å². The molecule has 0 bridgehead atoms. The molecular formula is C13H13BrN4O. The number of rotatable bonds is 5. The van der Waals surface area contributed by atoms with E-state index in [-0.39, 0.29) is 18.7 Å². The first-order chi connectivity index (χ1) is 9.10. The number of nitrogen functional groups attached to an aromatic ring is 1. The number of amides is 1. The molecule has 1 aromatic carbocycles. The standard InChI is InChI=1S/C13H13BrN4O/c14-10-3-4-12(17)11(9-10)13(19)18(7-1-5-15)8-2-6-16/h3-4,9H,1-2,7-8,17H2. The first-order valence-corrected chi connectivity index (χ1v) is 6.47. The van der Waals surface area contributed by atoms with Gasteiger partial charge >= 0.3 is 0 Å². The molecule has 1 aromatic rings. The predicted molar refractivity (Wildman–Crippen MR) is 74.9 cm³/mol. The van der Waals surface area contributed by atoms with Crippen LogP contribution in [0.5, 0.6) is 0 Å². The summed E-state index contributed by atoms with van der Waals surface area (Å²) in [6.07, 6.45) is 0.455. The van der Waals surface area contributed by atoms with Gasteiger partial charge in [0.1, 0.15) is 0 Å². The van der Waals surface area contributed by atoms with Crippen molar-refractivity contribution in [2.45, 2.75) is 12.8 Å². The molecular weight excluding hydrogens is 308 g/mol. The summed E-state index contributed by atoms with van der Waals surface area (Å²) in [5, 5.41) is 17.2. The Morgan fingerprint density at radius 3 is 2.37 bits per heavy atom. The number of hydrogen-bond acceptors (Lipinski definition) is 4. The SMILES string of the molecule is N#CCCN(CCC#N)C(=O)c1cc(Br)ccc1N. The summed E-state index contributed by atoms with van der Waals surface area (Å²) in [6.45, 7) is 0.589. The van der Waals surface area contributed by atoms with Crippen LogP contribution in [-0.4, -0.2) is 23.9 Å². The van der Waals surface area contributed by atoms with E-state index in [1.807, 2.05) is 12.1 Å². The van der Waals surface area contributed by atoms with Crippen molar-refractivity contribution >= 4 is 27.5 Å². The average molecular weight is 321 g/mol. The van der Waals surface area contributed by atoms with Crippen LogP contribution in [-0.2, 0) is 0 Å². The van der Waals surface area contributed by atoms with E-state index in [9.17, 15) is 4.79 Å². The van der Waals surface area contributed by atoms with E-state index < -0.39 is 0 Å². The Morgan fingerprint density at radius 2 is 1.84 bits per heavy atom. The third-order valence-corrected chi connectivity index (χ3v) is 3.01. The van der Waals surface area contributed by atoms with Gasteiger partial charge < -0.3 is 10.6 Å². The lowest BCUT2D eigenvalue weighted by Crippen LogP contribution is -2.33. The van der Waals surface area contributed by atoms with Crippen LogP contribution in [0.15, 0.2) is 22.7 Å². The second-order valence-electron chi connectivity index (χ2n) is 3.84. The highest BCUT2D eigenvalue weighted by molar-refractivity contribution is 9.10. The van der Waals surface area contributed by atoms with E-state index in [0.717, 1.165) is 4.47 Å². The van der Waals surface area contributed by atoms with E-state index in [0.29, 0.717) is 24.3 Å². The molecule has 0 radical (unpaired) electrons. The number of carbonyl (C=O) groups is 1. The van der Waals surface area contributed by atoms with Crippen molar-refractivity contribution in [3.63, 3.8) is 0 Å². The molecule has 0 aliphatic heterocycles. The monoisotopic (exact) mass is 320 g/mol. The molecule has 0 aliphatic carbocycles. The molecule has 0 heterocycles. The summed E-state index contributed by atoms with van der Waals surface area (Å²) in [7, 11) is 0. The van der Waals surface area contributed by atoms with E-state index in [1.54, 1.807) is 18.2 Å². The Hall–Kier alpha value is -2.05. The van der Waals surface area contributed by atoms with E-state index in [2.05, 4.69) is 15.9 Å². The second-order valence-corrected chi connectivity index (χ2v) is 4.76. The number of carbonyl (C=O) groups excluding carboxylic acids is 1. The Bertz CT molecular complexity index is 527. The van der Waals surface area contributed by atoms with Gasteiger partial charge in [-0.3, -0.25) is 4.79 Å². The topological polar surface area (TPSA) is 93.9 Å². The Labute approximate surface area is 120 Å².